The molecule has 2 aromatic rings. The summed E-state index contributed by atoms with van der Waals surface area (Å²) < 4.78 is 40.3. The molecular weight excluding hydrogens is 355 g/mol. The van der Waals surface area contributed by atoms with Crippen LogP contribution in [0.2, 0.25) is 0 Å². The van der Waals surface area contributed by atoms with Crippen molar-refractivity contribution in [2.24, 2.45) is 5.10 Å². The summed E-state index contributed by atoms with van der Waals surface area (Å²) in [7, 11) is 0. The zero-order chi connectivity index (χ0) is 19.2. The molecule has 0 heterocycles. The smallest absolute Gasteiger partial charge is 0.406 e. The highest BCUT2D eigenvalue weighted by Crippen LogP contribution is 2.23. The molecule has 0 aliphatic carbocycles. The molecule has 2 rings (SSSR count). The number of nitrogens with one attached hydrogen (secondary N) is 2. The maximum Gasteiger partial charge on any atom is 0.573 e. The van der Waals surface area contributed by atoms with E-state index in [1.54, 1.807) is 0 Å². The van der Waals surface area contributed by atoms with Gasteiger partial charge in [-0.15, -0.1) is 13.2 Å². The molecule has 0 radical (unpaired) electrons. The van der Waals surface area contributed by atoms with Gasteiger partial charge in [-0.05, 0) is 35.9 Å². The lowest BCUT2D eigenvalue weighted by molar-refractivity contribution is -0.274. The number of alkyl halides is 3. The van der Waals surface area contributed by atoms with E-state index in [1.165, 1.54) is 48.1 Å². The fourth-order valence-corrected chi connectivity index (χ4v) is 1.85. The van der Waals surface area contributed by atoms with Crippen LogP contribution in [0.4, 0.5) is 13.2 Å². The maximum atomic E-state index is 12.2. The molecule has 3 N–H and O–H groups in total. The van der Waals surface area contributed by atoms with E-state index < -0.39 is 23.9 Å². The number of amides is 2. The number of ether oxygens (including phenoxy) is 1. The maximum absolute atomic E-state index is 12.2. The van der Waals surface area contributed by atoms with Crippen molar-refractivity contribution in [2.45, 2.75) is 6.36 Å². The second-order valence-electron chi connectivity index (χ2n) is 4.84. The Morgan fingerprint density at radius 3 is 2.35 bits per heavy atom. The van der Waals surface area contributed by atoms with Gasteiger partial charge in [0.2, 0.25) is 0 Å². The number of carbonyl (C=O) groups excluding carboxylic acids is 2. The number of rotatable bonds is 5. The Balaban J connectivity index is 1.99. The Morgan fingerprint density at radius 2 is 1.73 bits per heavy atom. The zero-order valence-electron chi connectivity index (χ0n) is 12.9. The summed E-state index contributed by atoms with van der Waals surface area (Å²) in [5.74, 6) is -1.93. The lowest BCUT2D eigenvalue weighted by Crippen LogP contribution is -2.19. The third-order valence-electron chi connectivity index (χ3n) is 2.98. The molecule has 0 aliphatic rings. The van der Waals surface area contributed by atoms with Crippen molar-refractivity contribution in [3.8, 4) is 5.75 Å². The van der Waals surface area contributed by atoms with Crippen molar-refractivity contribution >= 4 is 18.0 Å². The lowest BCUT2D eigenvalue weighted by atomic mass is 10.1. The van der Waals surface area contributed by atoms with Crippen molar-refractivity contribution in [2.75, 3.05) is 0 Å². The van der Waals surface area contributed by atoms with Crippen molar-refractivity contribution in [1.82, 2.24) is 10.9 Å². The van der Waals surface area contributed by atoms with Gasteiger partial charge < -0.3 is 4.74 Å². The first-order chi connectivity index (χ1) is 12.3. The standard InChI is InChI=1S/C16H12F3N3O4/c17-16(18,19)26-13-3-1-2-12(8-13)14(23)21-20-9-10-4-6-11(7-5-10)15(24)22-25/h1-9,25H,(H,21,23)(H,22,24). The molecule has 10 heteroatoms. The fraction of sp³-hybridized carbons (Fsp3) is 0.0625. The molecule has 0 unspecified atom stereocenters. The number of halogens is 3. The predicted octanol–water partition coefficient (Wildman–Crippen LogP) is 2.47. The van der Waals surface area contributed by atoms with Crippen LogP contribution < -0.4 is 15.6 Å². The minimum Gasteiger partial charge on any atom is -0.406 e. The Kier molecular flexibility index (Phi) is 5.91. The summed E-state index contributed by atoms with van der Waals surface area (Å²) >= 11 is 0. The van der Waals surface area contributed by atoms with Gasteiger partial charge in [-0.2, -0.15) is 5.10 Å². The molecule has 136 valence electrons. The molecule has 0 spiro atoms. The van der Waals surface area contributed by atoms with Crippen LogP contribution in [0.25, 0.3) is 0 Å². The van der Waals surface area contributed by atoms with Gasteiger partial charge >= 0.3 is 6.36 Å². The van der Waals surface area contributed by atoms with E-state index in [0.29, 0.717) is 5.56 Å². The third-order valence-corrected chi connectivity index (χ3v) is 2.98. The van der Waals surface area contributed by atoms with Gasteiger partial charge in [-0.3, -0.25) is 14.8 Å². The minimum atomic E-state index is -4.85. The highest BCUT2D eigenvalue weighted by molar-refractivity contribution is 5.96. The number of nitrogens with zero attached hydrogens (tertiary/aromatic N) is 1. The minimum absolute atomic E-state index is 0.0705. The van der Waals surface area contributed by atoms with Crippen LogP contribution in [-0.2, 0) is 0 Å². The molecule has 0 atom stereocenters. The van der Waals surface area contributed by atoms with E-state index in [-0.39, 0.29) is 11.1 Å². The first kappa shape index (κ1) is 18.9. The van der Waals surface area contributed by atoms with Crippen LogP contribution in [0.15, 0.2) is 53.6 Å². The van der Waals surface area contributed by atoms with E-state index in [1.807, 2.05) is 0 Å². The fourth-order valence-electron chi connectivity index (χ4n) is 1.85. The summed E-state index contributed by atoms with van der Waals surface area (Å²) in [6, 6.07) is 10.4. The number of carbonyl (C=O) groups is 2. The van der Waals surface area contributed by atoms with E-state index in [0.717, 1.165) is 12.1 Å². The summed E-state index contributed by atoms with van der Waals surface area (Å²) in [6.07, 6.45) is -3.58. The molecule has 0 saturated carbocycles. The van der Waals surface area contributed by atoms with Crippen LogP contribution in [0.5, 0.6) is 5.75 Å². The Morgan fingerprint density at radius 1 is 1.04 bits per heavy atom. The Labute approximate surface area is 145 Å². The van der Waals surface area contributed by atoms with Crippen LogP contribution >= 0.6 is 0 Å². The monoisotopic (exact) mass is 367 g/mol. The highest BCUT2D eigenvalue weighted by atomic mass is 19.4. The van der Waals surface area contributed by atoms with E-state index >= 15 is 0 Å². The zero-order valence-corrected chi connectivity index (χ0v) is 12.9. The van der Waals surface area contributed by atoms with Crippen molar-refractivity contribution in [3.05, 3.63) is 65.2 Å². The molecule has 0 bridgehead atoms. The number of hydrogen-bond acceptors (Lipinski definition) is 5. The van der Waals surface area contributed by atoms with Gasteiger partial charge in [-0.1, -0.05) is 18.2 Å². The number of hydrogen-bond donors (Lipinski definition) is 3. The molecule has 0 aliphatic heterocycles. The largest absolute Gasteiger partial charge is 0.573 e. The number of hydroxylamine groups is 1. The molecule has 2 aromatic carbocycles. The Bertz CT molecular complexity index is 820. The summed E-state index contributed by atoms with van der Waals surface area (Å²) in [4.78, 5) is 23.1. The van der Waals surface area contributed by atoms with Crippen LogP contribution in [-0.4, -0.2) is 29.6 Å². The molecule has 26 heavy (non-hydrogen) atoms. The van der Waals surface area contributed by atoms with Gasteiger partial charge in [0.25, 0.3) is 11.8 Å². The lowest BCUT2D eigenvalue weighted by Gasteiger charge is -2.09. The van der Waals surface area contributed by atoms with E-state index in [2.05, 4.69) is 15.3 Å². The van der Waals surface area contributed by atoms with Gasteiger partial charge in [0.1, 0.15) is 5.75 Å². The van der Waals surface area contributed by atoms with Gasteiger partial charge in [0.15, 0.2) is 0 Å². The summed E-state index contributed by atoms with van der Waals surface area (Å²) in [5, 5.41) is 12.2. The number of hydrazone groups is 1. The normalized spacial score (nSPS) is 11.2. The second-order valence-corrected chi connectivity index (χ2v) is 4.84. The average Bonchev–Trinajstić information content (AvgIpc) is 2.60. The second kappa shape index (κ2) is 8.12. The van der Waals surface area contributed by atoms with Crippen LogP contribution in [0.1, 0.15) is 26.3 Å². The SMILES string of the molecule is O=C(NO)c1ccc(C=NNC(=O)c2cccc(OC(F)(F)F)c2)cc1. The molecule has 7 nitrogen and oxygen atoms in total. The van der Waals surface area contributed by atoms with Gasteiger partial charge in [0, 0.05) is 11.1 Å². The van der Waals surface area contributed by atoms with E-state index in [9.17, 15) is 22.8 Å². The first-order valence-electron chi connectivity index (χ1n) is 7.02. The Hall–Kier alpha value is -3.40. The summed E-state index contributed by atoms with van der Waals surface area (Å²) in [5.41, 5.74) is 4.33. The van der Waals surface area contributed by atoms with Gasteiger partial charge in [-0.25, -0.2) is 10.9 Å². The molecule has 2 amide bonds. The highest BCUT2D eigenvalue weighted by Gasteiger charge is 2.31. The number of benzene rings is 2. The van der Waals surface area contributed by atoms with Crippen molar-refractivity contribution in [1.29, 1.82) is 0 Å². The molecule has 0 saturated heterocycles. The predicted molar refractivity (Wildman–Crippen MR) is 83.9 cm³/mol. The first-order valence-corrected chi connectivity index (χ1v) is 7.02. The van der Waals surface area contributed by atoms with E-state index in [4.69, 9.17) is 5.21 Å². The summed E-state index contributed by atoms with van der Waals surface area (Å²) in [6.45, 7) is 0. The topological polar surface area (TPSA) is 100 Å². The van der Waals surface area contributed by atoms with Crippen molar-refractivity contribution < 1.29 is 32.7 Å². The van der Waals surface area contributed by atoms with Crippen LogP contribution in [0.3, 0.4) is 0 Å². The quantitative estimate of drug-likeness (QED) is 0.429. The molecule has 0 aromatic heterocycles. The third kappa shape index (κ3) is 5.60. The molecular formula is C16H12F3N3O4. The van der Waals surface area contributed by atoms with Crippen molar-refractivity contribution in [3.63, 3.8) is 0 Å². The average molecular weight is 367 g/mol. The molecule has 0 fully saturated rings. The van der Waals surface area contributed by atoms with Crippen LogP contribution in [0, 0.1) is 0 Å². The van der Waals surface area contributed by atoms with Gasteiger partial charge in [0.05, 0.1) is 6.21 Å².